The van der Waals surface area contributed by atoms with Crippen molar-refractivity contribution in [2.75, 3.05) is 51.3 Å². The largest absolute Gasteiger partial charge is 0.465 e. The minimum absolute atomic E-state index is 0.0430. The Kier molecular flexibility index (Phi) is 23.4. The van der Waals surface area contributed by atoms with Crippen molar-refractivity contribution < 1.29 is 33.8 Å². The van der Waals surface area contributed by atoms with Crippen molar-refractivity contribution in [2.45, 2.75) is 225 Å². The maximum atomic E-state index is 13.3. The molecule has 3 N–H and O–H groups in total. The molecule has 3 fully saturated rings. The van der Waals surface area contributed by atoms with Crippen molar-refractivity contribution in [3.63, 3.8) is 0 Å². The number of carbonyl (C=O) groups is 5. The second-order valence-electron chi connectivity index (χ2n) is 21.9. The summed E-state index contributed by atoms with van der Waals surface area (Å²) in [5.41, 5.74) is 0.898. The molecule has 1 spiro atoms. The lowest BCUT2D eigenvalue weighted by atomic mass is 9.59. The number of nitrogens with one attached hydrogen (secondary N) is 2. The van der Waals surface area contributed by atoms with Gasteiger partial charge >= 0.3 is 6.09 Å². The summed E-state index contributed by atoms with van der Waals surface area (Å²) < 4.78 is 6.24. The molecule has 3 saturated heterocycles. The Hall–Kier alpha value is -3.51. The van der Waals surface area contributed by atoms with Gasteiger partial charge in [0.2, 0.25) is 11.8 Å². The first-order chi connectivity index (χ1) is 32.4. The summed E-state index contributed by atoms with van der Waals surface area (Å²) >= 11 is 0. The first-order valence-corrected chi connectivity index (χ1v) is 27.3. The van der Waals surface area contributed by atoms with Gasteiger partial charge in [0.1, 0.15) is 6.04 Å². The third-order valence-electron chi connectivity index (χ3n) is 15.2. The molecule has 4 aliphatic heterocycles. The Morgan fingerprint density at radius 1 is 0.687 bits per heavy atom. The highest BCUT2D eigenvalue weighted by Gasteiger charge is 2.58. The number of piperidine rings is 1. The van der Waals surface area contributed by atoms with Crippen LogP contribution < -0.4 is 10.6 Å². The summed E-state index contributed by atoms with van der Waals surface area (Å²) in [6, 6.07) is 3.99. The number of rotatable bonds is 8. The zero-order valence-corrected chi connectivity index (χ0v) is 42.3. The van der Waals surface area contributed by atoms with E-state index in [2.05, 4.69) is 36.3 Å². The number of imide groups is 2. The van der Waals surface area contributed by atoms with E-state index in [0.717, 1.165) is 43.8 Å². The van der Waals surface area contributed by atoms with Crippen molar-refractivity contribution in [3.8, 4) is 0 Å². The Balaban J connectivity index is 1.14. The lowest BCUT2D eigenvalue weighted by molar-refractivity contribution is -0.136. The highest BCUT2D eigenvalue weighted by Crippen LogP contribution is 2.50. The molecule has 3 unspecified atom stereocenters. The Morgan fingerprint density at radius 3 is 1.67 bits per heavy atom. The van der Waals surface area contributed by atoms with Crippen LogP contribution in [0.2, 0.25) is 0 Å². The molecule has 12 nitrogen and oxygen atoms in total. The van der Waals surface area contributed by atoms with Gasteiger partial charge in [0.05, 0.1) is 24.3 Å². The molecule has 12 heteroatoms. The van der Waals surface area contributed by atoms with Crippen LogP contribution in [-0.2, 0) is 14.3 Å². The molecule has 0 radical (unpaired) electrons. The Bertz CT molecular complexity index is 1700. The van der Waals surface area contributed by atoms with E-state index in [4.69, 9.17) is 4.74 Å². The van der Waals surface area contributed by atoms with Crippen LogP contribution in [0.3, 0.4) is 0 Å². The fraction of sp³-hybridized carbons (Fsp3) is 0.800. The van der Waals surface area contributed by atoms with Gasteiger partial charge in [0, 0.05) is 49.7 Å². The van der Waals surface area contributed by atoms with Crippen LogP contribution in [0.25, 0.3) is 0 Å². The van der Waals surface area contributed by atoms with Gasteiger partial charge < -0.3 is 25.0 Å². The van der Waals surface area contributed by atoms with Crippen LogP contribution in [0.4, 0.5) is 10.5 Å². The van der Waals surface area contributed by atoms with Crippen molar-refractivity contribution in [1.82, 2.24) is 20.0 Å². The van der Waals surface area contributed by atoms with Gasteiger partial charge in [-0.2, -0.15) is 0 Å². The number of nitrogens with zero attached hydrogens (tertiary/aromatic N) is 3. The number of fused-ring (bicyclic) bond motifs is 1. The van der Waals surface area contributed by atoms with Gasteiger partial charge in [-0.15, -0.1) is 0 Å². The number of hydrogen-bond donors (Lipinski definition) is 3. The van der Waals surface area contributed by atoms with E-state index in [9.17, 15) is 29.1 Å². The number of carbonyl (C=O) groups excluding carboxylic acids is 4. The number of amides is 5. The van der Waals surface area contributed by atoms with Crippen molar-refractivity contribution in [3.05, 3.63) is 29.3 Å². The molecular formula is C55H91N5O7. The summed E-state index contributed by atoms with van der Waals surface area (Å²) in [5, 5.41) is 15.9. The second-order valence-corrected chi connectivity index (χ2v) is 21.9. The molecule has 1 aromatic rings. The third-order valence-corrected chi connectivity index (χ3v) is 15.2. The minimum atomic E-state index is -0.996. The average Bonchev–Trinajstić information content (AvgIpc) is 3.52. The topological polar surface area (TPSA) is 149 Å². The molecular weight excluding hydrogens is 843 g/mol. The standard InChI is InChI=1S/C55H91N5O7/c1-54(2,3)52-55(43-59(52)53(65)66)35-29-27-25-23-21-19-17-15-13-11-9-7-5-4-6-8-10-12-14-16-18-20-22-24-26-28-30-37-58(42-55)38-40-67-39-36-56-44-31-32-45-46(41-44)51(64)60(50(45)63)47-33-34-48(61)57-49(47)62/h31-32,41,47,52,56H,4-30,33-40,42-43H2,1-3H3,(H,65,66)(H,57,61,62). The fourth-order valence-corrected chi connectivity index (χ4v) is 11.8. The van der Waals surface area contributed by atoms with E-state index in [-0.39, 0.29) is 40.8 Å². The Morgan fingerprint density at radius 2 is 1.18 bits per heavy atom. The lowest BCUT2D eigenvalue weighted by Crippen LogP contribution is -2.73. The smallest absolute Gasteiger partial charge is 0.407 e. The average molecular weight is 934 g/mol. The molecule has 4 heterocycles. The zero-order chi connectivity index (χ0) is 47.9. The maximum absolute atomic E-state index is 13.3. The highest BCUT2D eigenvalue weighted by atomic mass is 16.5. The van der Waals surface area contributed by atoms with Crippen molar-refractivity contribution in [1.29, 1.82) is 0 Å². The first kappa shape index (κ1) is 54.4. The van der Waals surface area contributed by atoms with E-state index in [1.54, 1.807) is 23.1 Å². The van der Waals surface area contributed by atoms with Crippen LogP contribution in [0.1, 0.15) is 234 Å². The first-order valence-electron chi connectivity index (χ1n) is 27.3. The van der Waals surface area contributed by atoms with Gasteiger partial charge in [-0.05, 0) is 49.4 Å². The molecule has 0 bridgehead atoms. The van der Waals surface area contributed by atoms with E-state index in [1.165, 1.54) is 161 Å². The van der Waals surface area contributed by atoms with E-state index >= 15 is 0 Å². The molecule has 1 aromatic carbocycles. The SMILES string of the molecule is CC(C)(C)C1N(C(=O)O)CC12CCCCCCCCCCCCCCCCCCCCCCCCCCCCCN(CCOCCNc1ccc3c(c1)C(=O)N(C1CCC(=O)NC1=O)C3=O)C2. The van der Waals surface area contributed by atoms with Gasteiger partial charge in [0.25, 0.3) is 11.8 Å². The summed E-state index contributed by atoms with van der Waals surface area (Å²) in [7, 11) is 0. The van der Waals surface area contributed by atoms with Crippen LogP contribution in [0.15, 0.2) is 18.2 Å². The van der Waals surface area contributed by atoms with Gasteiger partial charge in [-0.25, -0.2) is 4.79 Å². The van der Waals surface area contributed by atoms with E-state index in [0.29, 0.717) is 32.0 Å². The predicted octanol–water partition coefficient (Wildman–Crippen LogP) is 12.1. The van der Waals surface area contributed by atoms with E-state index < -0.39 is 35.8 Å². The predicted molar refractivity (Wildman–Crippen MR) is 269 cm³/mol. The van der Waals surface area contributed by atoms with Gasteiger partial charge in [0.15, 0.2) is 0 Å². The van der Waals surface area contributed by atoms with Crippen molar-refractivity contribution in [2.24, 2.45) is 10.8 Å². The number of benzene rings is 1. The summed E-state index contributed by atoms with van der Waals surface area (Å²) in [6.07, 6.45) is 36.6. The maximum Gasteiger partial charge on any atom is 0.407 e. The molecule has 0 saturated carbocycles. The number of carboxylic acid groups (broad SMARTS) is 1. The van der Waals surface area contributed by atoms with Gasteiger partial charge in [-0.1, -0.05) is 188 Å². The van der Waals surface area contributed by atoms with Crippen molar-refractivity contribution >= 4 is 35.4 Å². The third kappa shape index (κ3) is 17.4. The molecule has 0 aromatic heterocycles. The van der Waals surface area contributed by atoms with Crippen LogP contribution in [0, 0.1) is 10.8 Å². The zero-order valence-electron chi connectivity index (χ0n) is 42.3. The lowest BCUT2D eigenvalue weighted by Gasteiger charge is -2.62. The number of anilines is 1. The molecule has 378 valence electrons. The van der Waals surface area contributed by atoms with Gasteiger partial charge in [-0.3, -0.25) is 29.4 Å². The monoisotopic (exact) mass is 934 g/mol. The van der Waals surface area contributed by atoms with Crippen LogP contribution in [-0.4, -0.2) is 108 Å². The summed E-state index contributed by atoms with van der Waals surface area (Å²) in [5.74, 6) is -2.06. The second kappa shape index (κ2) is 28.9. The molecule has 3 atom stereocenters. The molecule has 5 amide bonds. The molecule has 5 rings (SSSR count). The normalized spacial score (nSPS) is 25.7. The number of likely N-dealkylation sites (tertiary alicyclic amines) is 1. The highest BCUT2D eigenvalue weighted by molar-refractivity contribution is 6.23. The minimum Gasteiger partial charge on any atom is -0.465 e. The fourth-order valence-electron chi connectivity index (χ4n) is 11.8. The molecule has 0 aliphatic carbocycles. The molecule has 4 aliphatic rings. The summed E-state index contributed by atoms with van der Waals surface area (Å²) in [4.78, 5) is 68.5. The Labute approximate surface area is 404 Å². The number of hydrogen-bond acceptors (Lipinski definition) is 8. The quantitative estimate of drug-likeness (QED) is 0.171. The van der Waals surface area contributed by atoms with Crippen LogP contribution >= 0.6 is 0 Å². The summed E-state index contributed by atoms with van der Waals surface area (Å²) in [6.45, 7) is 11.4. The molecule has 67 heavy (non-hydrogen) atoms. The number of ether oxygens (including phenoxy) is 1. The van der Waals surface area contributed by atoms with E-state index in [1.807, 2.05) is 0 Å². The van der Waals surface area contributed by atoms with Crippen LogP contribution in [0.5, 0.6) is 0 Å².